The summed E-state index contributed by atoms with van der Waals surface area (Å²) in [7, 11) is 0. The maximum atomic E-state index is 3.64. The van der Waals surface area contributed by atoms with Gasteiger partial charge in [0.15, 0.2) is 0 Å². The zero-order valence-corrected chi connectivity index (χ0v) is 7.42. The third-order valence-corrected chi connectivity index (χ3v) is 1.16. The van der Waals surface area contributed by atoms with Crippen molar-refractivity contribution >= 4 is 0 Å². The first-order valence-electron chi connectivity index (χ1n) is 3.92. The molecule has 0 spiro atoms. The Morgan fingerprint density at radius 2 is 1.42 bits per heavy atom. The number of hydrazine groups is 2. The van der Waals surface area contributed by atoms with E-state index in [1.165, 1.54) is 0 Å². The molecule has 0 heterocycles. The van der Waals surface area contributed by atoms with Crippen LogP contribution in [0.3, 0.4) is 0 Å². The van der Waals surface area contributed by atoms with E-state index in [2.05, 4.69) is 30.6 Å². The van der Waals surface area contributed by atoms with Gasteiger partial charge in [0, 0.05) is 19.6 Å². The molecule has 0 saturated carbocycles. The second-order valence-corrected chi connectivity index (χ2v) is 2.20. The van der Waals surface area contributed by atoms with Crippen molar-refractivity contribution in [2.24, 2.45) is 0 Å². The first-order valence-corrected chi connectivity index (χ1v) is 3.92. The maximum absolute atomic E-state index is 3.64. The molecule has 0 amide bonds. The van der Waals surface area contributed by atoms with Crippen molar-refractivity contribution < 1.29 is 0 Å². The van der Waals surface area contributed by atoms with Crippen LogP contribution < -0.4 is 10.9 Å². The largest absolute Gasteiger partial charge is 0.237 e. The maximum Gasteiger partial charge on any atom is 0.0466 e. The Labute approximate surface area is 74.4 Å². The number of nitrogens with zero attached hydrogens (tertiary/aromatic N) is 1. The van der Waals surface area contributed by atoms with Crippen molar-refractivity contribution in [3.63, 3.8) is 0 Å². The van der Waals surface area contributed by atoms with E-state index in [9.17, 15) is 0 Å². The van der Waals surface area contributed by atoms with Gasteiger partial charge >= 0.3 is 0 Å². The van der Waals surface area contributed by atoms with Crippen molar-refractivity contribution in [1.29, 1.82) is 0 Å². The standard InChI is InChI=1S/C9H17N3/c1-4-7-10-12(9-6-3)11-8-5-2/h4-6,10-11H,1-3,7-9H2. The first-order chi connectivity index (χ1) is 5.85. The van der Waals surface area contributed by atoms with E-state index in [0.717, 1.165) is 19.6 Å². The van der Waals surface area contributed by atoms with E-state index < -0.39 is 0 Å². The Morgan fingerprint density at radius 1 is 0.917 bits per heavy atom. The van der Waals surface area contributed by atoms with E-state index in [1.807, 2.05) is 11.2 Å². The summed E-state index contributed by atoms with van der Waals surface area (Å²) in [5, 5.41) is 1.84. The number of hydrogen-bond donors (Lipinski definition) is 2. The predicted octanol–water partition coefficient (Wildman–Crippen LogP) is 0.856. The molecule has 0 unspecified atom stereocenters. The summed E-state index contributed by atoms with van der Waals surface area (Å²) in [5.41, 5.74) is 6.18. The lowest BCUT2D eigenvalue weighted by molar-refractivity contribution is 0.147. The van der Waals surface area contributed by atoms with Gasteiger partial charge in [-0.2, -0.15) is 5.12 Å². The van der Waals surface area contributed by atoms with Crippen molar-refractivity contribution in [3.05, 3.63) is 38.0 Å². The van der Waals surface area contributed by atoms with Gasteiger partial charge < -0.3 is 0 Å². The average molecular weight is 167 g/mol. The van der Waals surface area contributed by atoms with Crippen LogP contribution in [-0.2, 0) is 0 Å². The highest BCUT2D eigenvalue weighted by Gasteiger charge is 1.95. The molecule has 0 aromatic carbocycles. The zero-order chi connectivity index (χ0) is 9.23. The second-order valence-electron chi connectivity index (χ2n) is 2.20. The quantitative estimate of drug-likeness (QED) is 0.414. The van der Waals surface area contributed by atoms with Crippen LogP contribution in [-0.4, -0.2) is 24.8 Å². The lowest BCUT2D eigenvalue weighted by Gasteiger charge is -2.20. The highest BCUT2D eigenvalue weighted by atomic mass is 15.7. The van der Waals surface area contributed by atoms with Gasteiger partial charge in [-0.15, -0.1) is 19.7 Å². The molecule has 0 aliphatic heterocycles. The van der Waals surface area contributed by atoms with Crippen LogP contribution in [0.2, 0.25) is 0 Å². The van der Waals surface area contributed by atoms with Crippen molar-refractivity contribution in [1.82, 2.24) is 16.0 Å². The van der Waals surface area contributed by atoms with Gasteiger partial charge in [0.1, 0.15) is 0 Å². The molecule has 3 heteroatoms. The molecule has 0 bridgehead atoms. The van der Waals surface area contributed by atoms with E-state index >= 15 is 0 Å². The van der Waals surface area contributed by atoms with E-state index in [-0.39, 0.29) is 0 Å². The van der Waals surface area contributed by atoms with E-state index in [1.54, 1.807) is 12.2 Å². The highest BCUT2D eigenvalue weighted by molar-refractivity contribution is 4.75. The fraction of sp³-hybridized carbons (Fsp3) is 0.333. The Kier molecular flexibility index (Phi) is 7.58. The molecule has 0 aliphatic carbocycles. The lowest BCUT2D eigenvalue weighted by atomic mass is 10.6. The minimum atomic E-state index is 0.734. The normalized spacial score (nSPS) is 9.75. The molecule has 68 valence electrons. The molecule has 12 heavy (non-hydrogen) atoms. The van der Waals surface area contributed by atoms with Gasteiger partial charge in [0.05, 0.1) is 0 Å². The molecule has 0 aliphatic rings. The van der Waals surface area contributed by atoms with Crippen molar-refractivity contribution in [2.75, 3.05) is 19.6 Å². The fourth-order valence-electron chi connectivity index (χ4n) is 0.664. The summed E-state index contributed by atoms with van der Waals surface area (Å²) in [4.78, 5) is 0. The van der Waals surface area contributed by atoms with Crippen LogP contribution in [0.5, 0.6) is 0 Å². The lowest BCUT2D eigenvalue weighted by Crippen LogP contribution is -2.48. The van der Waals surface area contributed by atoms with Gasteiger partial charge in [0.2, 0.25) is 0 Å². The molecule has 0 saturated heterocycles. The van der Waals surface area contributed by atoms with Gasteiger partial charge in [-0.1, -0.05) is 18.2 Å². The topological polar surface area (TPSA) is 27.3 Å². The minimum absolute atomic E-state index is 0.734. The molecule has 3 nitrogen and oxygen atoms in total. The van der Waals surface area contributed by atoms with E-state index in [0.29, 0.717) is 0 Å². The number of hydrogen-bond acceptors (Lipinski definition) is 3. The molecule has 2 N–H and O–H groups in total. The smallest absolute Gasteiger partial charge is 0.0466 e. The van der Waals surface area contributed by atoms with Crippen LogP contribution in [0.15, 0.2) is 38.0 Å². The SMILES string of the molecule is C=CCNN(CC=C)NCC=C. The van der Waals surface area contributed by atoms with Crippen LogP contribution in [0, 0.1) is 0 Å². The molecule has 0 rings (SSSR count). The second kappa shape index (κ2) is 8.20. The van der Waals surface area contributed by atoms with Crippen molar-refractivity contribution in [3.8, 4) is 0 Å². The van der Waals surface area contributed by atoms with Crippen LogP contribution in [0.25, 0.3) is 0 Å². The van der Waals surface area contributed by atoms with Gasteiger partial charge in [-0.3, -0.25) is 0 Å². The molecule has 0 aromatic heterocycles. The van der Waals surface area contributed by atoms with Crippen LogP contribution in [0.1, 0.15) is 0 Å². The first kappa shape index (κ1) is 11.1. The Bertz CT molecular complexity index is 131. The fourth-order valence-corrected chi connectivity index (χ4v) is 0.664. The van der Waals surface area contributed by atoms with Gasteiger partial charge in [-0.25, -0.2) is 10.9 Å². The molecule has 0 radical (unpaired) electrons. The van der Waals surface area contributed by atoms with E-state index in [4.69, 9.17) is 0 Å². The summed E-state index contributed by atoms with van der Waals surface area (Å²) in [6, 6.07) is 0. The average Bonchev–Trinajstić information content (AvgIpc) is 2.10. The Morgan fingerprint density at radius 3 is 1.75 bits per heavy atom. The van der Waals surface area contributed by atoms with Crippen molar-refractivity contribution in [2.45, 2.75) is 0 Å². The Hall–Kier alpha value is -0.900. The van der Waals surface area contributed by atoms with Gasteiger partial charge in [-0.05, 0) is 0 Å². The summed E-state index contributed by atoms with van der Waals surface area (Å²) in [6.45, 7) is 13.1. The number of nitrogens with one attached hydrogen (secondary N) is 2. The minimum Gasteiger partial charge on any atom is -0.237 e. The summed E-state index contributed by atoms with van der Waals surface area (Å²) < 4.78 is 0. The Balaban J connectivity index is 3.59. The number of rotatable bonds is 8. The van der Waals surface area contributed by atoms with Gasteiger partial charge in [0.25, 0.3) is 0 Å². The summed E-state index contributed by atoms with van der Waals surface area (Å²) in [5.74, 6) is 0. The summed E-state index contributed by atoms with van der Waals surface area (Å²) >= 11 is 0. The molecular weight excluding hydrogens is 150 g/mol. The van der Waals surface area contributed by atoms with Crippen LogP contribution in [0.4, 0.5) is 0 Å². The molecule has 0 aromatic rings. The molecule has 0 fully saturated rings. The molecule has 0 atom stereocenters. The third kappa shape index (κ3) is 5.85. The molecular formula is C9H17N3. The third-order valence-electron chi connectivity index (χ3n) is 1.16. The monoisotopic (exact) mass is 167 g/mol. The zero-order valence-electron chi connectivity index (χ0n) is 7.42. The van der Waals surface area contributed by atoms with Crippen LogP contribution >= 0.6 is 0 Å². The predicted molar refractivity (Wildman–Crippen MR) is 53.3 cm³/mol. The summed E-state index contributed by atoms with van der Waals surface area (Å²) in [6.07, 6.45) is 5.41. The highest BCUT2D eigenvalue weighted by Crippen LogP contribution is 1.76.